The molecule has 3 nitrogen and oxygen atoms in total. The molecule has 1 aromatic rings. The van der Waals surface area contributed by atoms with Gasteiger partial charge in [-0.25, -0.2) is 0 Å². The summed E-state index contributed by atoms with van der Waals surface area (Å²) in [6, 6.07) is 7.66. The third-order valence-corrected chi connectivity index (χ3v) is 2.62. The summed E-state index contributed by atoms with van der Waals surface area (Å²) in [6.07, 6.45) is 0.613. The van der Waals surface area contributed by atoms with Crippen molar-refractivity contribution in [3.63, 3.8) is 0 Å². The Morgan fingerprint density at radius 1 is 1.24 bits per heavy atom. The summed E-state index contributed by atoms with van der Waals surface area (Å²) >= 11 is 0. The van der Waals surface area contributed by atoms with Gasteiger partial charge in [-0.1, -0.05) is 19.1 Å². The van der Waals surface area contributed by atoms with Crippen LogP contribution in [-0.2, 0) is 9.53 Å². The Morgan fingerprint density at radius 3 is 2.35 bits per heavy atom. The number of carbonyl (C=O) groups is 1. The van der Waals surface area contributed by atoms with Gasteiger partial charge in [-0.3, -0.25) is 4.79 Å². The zero-order valence-corrected chi connectivity index (χ0v) is 10.8. The Bertz CT molecular complexity index is 357. The number of rotatable bonds is 6. The Balaban J connectivity index is 2.46. The average Bonchev–Trinajstić information content (AvgIpc) is 2.27. The fourth-order valence-electron chi connectivity index (χ4n) is 1.60. The molecule has 2 N–H and O–H groups in total. The van der Waals surface area contributed by atoms with Gasteiger partial charge in [-0.05, 0) is 37.5 Å². The average molecular weight is 235 g/mol. The van der Waals surface area contributed by atoms with Crippen LogP contribution in [0.4, 0.5) is 5.69 Å². The van der Waals surface area contributed by atoms with E-state index in [-0.39, 0.29) is 24.4 Å². The highest BCUT2D eigenvalue weighted by atomic mass is 16.5. The van der Waals surface area contributed by atoms with Crippen molar-refractivity contribution in [1.29, 1.82) is 0 Å². The Labute approximate surface area is 103 Å². The van der Waals surface area contributed by atoms with Gasteiger partial charge in [-0.2, -0.15) is 0 Å². The molecule has 0 bridgehead atoms. The van der Waals surface area contributed by atoms with Gasteiger partial charge in [0.05, 0.1) is 6.10 Å². The van der Waals surface area contributed by atoms with Gasteiger partial charge in [0.25, 0.3) is 0 Å². The predicted octanol–water partition coefficient (Wildman–Crippen LogP) is 2.76. The van der Waals surface area contributed by atoms with Gasteiger partial charge < -0.3 is 10.5 Å². The van der Waals surface area contributed by atoms with Crippen LogP contribution in [0.2, 0.25) is 0 Å². The van der Waals surface area contributed by atoms with E-state index in [4.69, 9.17) is 10.5 Å². The first-order valence-electron chi connectivity index (χ1n) is 5.97. The molecule has 94 valence electrons. The zero-order valence-electron chi connectivity index (χ0n) is 10.8. The number of benzene rings is 1. The first-order chi connectivity index (χ1) is 7.99. The molecular weight excluding hydrogens is 214 g/mol. The molecule has 0 spiro atoms. The summed E-state index contributed by atoms with van der Waals surface area (Å²) in [5.41, 5.74) is 7.50. The first-order valence-corrected chi connectivity index (χ1v) is 5.97. The molecule has 0 saturated heterocycles. The molecule has 0 aliphatic heterocycles. The SMILES string of the molecule is CC(C)OCC(=O)CC(C)c1ccc(N)cc1. The van der Waals surface area contributed by atoms with E-state index in [0.717, 1.165) is 11.3 Å². The summed E-state index contributed by atoms with van der Waals surface area (Å²) in [6.45, 7) is 6.10. The largest absolute Gasteiger partial charge is 0.399 e. The van der Waals surface area contributed by atoms with Crippen molar-refractivity contribution in [3.8, 4) is 0 Å². The van der Waals surface area contributed by atoms with Crippen LogP contribution in [-0.4, -0.2) is 18.5 Å². The molecule has 0 aliphatic rings. The van der Waals surface area contributed by atoms with Gasteiger partial charge >= 0.3 is 0 Å². The Hall–Kier alpha value is -1.35. The summed E-state index contributed by atoms with van der Waals surface area (Å²) in [4.78, 5) is 11.6. The number of ether oxygens (including phenoxy) is 1. The molecule has 1 unspecified atom stereocenters. The lowest BCUT2D eigenvalue weighted by Crippen LogP contribution is -2.15. The molecule has 3 heteroatoms. The van der Waals surface area contributed by atoms with Crippen LogP contribution in [0.1, 0.15) is 38.7 Å². The van der Waals surface area contributed by atoms with Gasteiger partial charge in [0.2, 0.25) is 0 Å². The molecule has 1 atom stereocenters. The second kappa shape index (κ2) is 6.40. The summed E-state index contributed by atoms with van der Waals surface area (Å²) < 4.78 is 5.29. The smallest absolute Gasteiger partial charge is 0.159 e. The highest BCUT2D eigenvalue weighted by Gasteiger charge is 2.11. The predicted molar refractivity (Wildman–Crippen MR) is 70.0 cm³/mol. The van der Waals surface area contributed by atoms with E-state index >= 15 is 0 Å². The molecule has 1 rings (SSSR count). The number of hydrogen-bond acceptors (Lipinski definition) is 3. The molecule has 0 amide bonds. The van der Waals surface area contributed by atoms with Gasteiger partial charge in [0.1, 0.15) is 6.61 Å². The fraction of sp³-hybridized carbons (Fsp3) is 0.500. The normalized spacial score (nSPS) is 12.7. The third kappa shape index (κ3) is 5.00. The maximum absolute atomic E-state index is 11.6. The number of anilines is 1. The van der Waals surface area contributed by atoms with Gasteiger partial charge in [0.15, 0.2) is 5.78 Å². The standard InChI is InChI=1S/C14H21NO2/c1-10(2)17-9-14(16)8-11(3)12-4-6-13(15)7-5-12/h4-7,10-11H,8-9,15H2,1-3H3. The second-order valence-corrected chi connectivity index (χ2v) is 4.67. The molecule has 0 saturated carbocycles. The van der Waals surface area contributed by atoms with Crippen LogP contribution in [0.3, 0.4) is 0 Å². The highest BCUT2D eigenvalue weighted by Crippen LogP contribution is 2.20. The van der Waals surface area contributed by atoms with E-state index in [1.807, 2.05) is 45.0 Å². The lowest BCUT2D eigenvalue weighted by atomic mass is 9.96. The van der Waals surface area contributed by atoms with Crippen molar-refractivity contribution in [2.75, 3.05) is 12.3 Å². The summed E-state index contributed by atoms with van der Waals surface area (Å²) in [5.74, 6) is 0.349. The minimum absolute atomic E-state index is 0.103. The molecule has 1 aromatic carbocycles. The molecule has 0 aliphatic carbocycles. The minimum atomic E-state index is 0.103. The van der Waals surface area contributed by atoms with E-state index in [2.05, 4.69) is 0 Å². The van der Waals surface area contributed by atoms with E-state index in [1.165, 1.54) is 0 Å². The van der Waals surface area contributed by atoms with E-state index in [1.54, 1.807) is 0 Å². The number of carbonyl (C=O) groups excluding carboxylic acids is 1. The van der Waals surface area contributed by atoms with Crippen LogP contribution in [0.15, 0.2) is 24.3 Å². The van der Waals surface area contributed by atoms with E-state index in [9.17, 15) is 4.79 Å². The molecule has 0 aromatic heterocycles. The number of ketones is 1. The van der Waals surface area contributed by atoms with Crippen molar-refractivity contribution >= 4 is 11.5 Å². The monoisotopic (exact) mass is 235 g/mol. The lowest BCUT2D eigenvalue weighted by Gasteiger charge is -2.12. The van der Waals surface area contributed by atoms with Crippen molar-refractivity contribution < 1.29 is 9.53 Å². The molecular formula is C14H21NO2. The topological polar surface area (TPSA) is 52.3 Å². The first kappa shape index (κ1) is 13.7. The van der Waals surface area contributed by atoms with Crippen LogP contribution < -0.4 is 5.73 Å². The minimum Gasteiger partial charge on any atom is -0.399 e. The number of hydrogen-bond donors (Lipinski definition) is 1. The molecule has 0 radical (unpaired) electrons. The van der Waals surface area contributed by atoms with E-state index in [0.29, 0.717) is 6.42 Å². The quantitative estimate of drug-likeness (QED) is 0.771. The van der Waals surface area contributed by atoms with Gasteiger partial charge in [-0.15, -0.1) is 0 Å². The van der Waals surface area contributed by atoms with Gasteiger partial charge in [0, 0.05) is 12.1 Å². The summed E-state index contributed by atoms with van der Waals surface area (Å²) in [7, 11) is 0. The lowest BCUT2D eigenvalue weighted by molar-refractivity contribution is -0.125. The molecule has 0 heterocycles. The second-order valence-electron chi connectivity index (χ2n) is 4.67. The molecule has 0 fully saturated rings. The third-order valence-electron chi connectivity index (χ3n) is 2.62. The van der Waals surface area contributed by atoms with Crippen molar-refractivity contribution in [1.82, 2.24) is 0 Å². The Kier molecular flexibility index (Phi) is 5.16. The molecule has 17 heavy (non-hydrogen) atoms. The number of nitrogens with two attached hydrogens (primary N) is 1. The summed E-state index contributed by atoms with van der Waals surface area (Å²) in [5, 5.41) is 0. The van der Waals surface area contributed by atoms with Crippen molar-refractivity contribution in [2.24, 2.45) is 0 Å². The number of Topliss-reactive ketones (excluding diaryl/α,β-unsaturated/α-hetero) is 1. The maximum atomic E-state index is 11.6. The van der Waals surface area contributed by atoms with E-state index < -0.39 is 0 Å². The fourth-order valence-corrected chi connectivity index (χ4v) is 1.60. The van der Waals surface area contributed by atoms with Crippen LogP contribution in [0.5, 0.6) is 0 Å². The van der Waals surface area contributed by atoms with Crippen LogP contribution in [0.25, 0.3) is 0 Å². The maximum Gasteiger partial charge on any atom is 0.159 e. The van der Waals surface area contributed by atoms with Crippen molar-refractivity contribution in [3.05, 3.63) is 29.8 Å². The van der Waals surface area contributed by atoms with Crippen molar-refractivity contribution in [2.45, 2.75) is 39.2 Å². The number of nitrogen functional groups attached to an aromatic ring is 1. The van der Waals surface area contributed by atoms with Crippen LogP contribution >= 0.6 is 0 Å². The highest BCUT2D eigenvalue weighted by molar-refractivity contribution is 5.80. The van der Waals surface area contributed by atoms with Crippen LogP contribution in [0, 0.1) is 0 Å². The zero-order chi connectivity index (χ0) is 12.8. The Morgan fingerprint density at radius 2 is 1.82 bits per heavy atom.